The van der Waals surface area contributed by atoms with E-state index in [1.54, 1.807) is 14.0 Å². The third-order valence-electron chi connectivity index (χ3n) is 4.24. The van der Waals surface area contributed by atoms with Gasteiger partial charge in [0.25, 0.3) is 5.91 Å². The van der Waals surface area contributed by atoms with Gasteiger partial charge in [0.05, 0.1) is 6.54 Å². The minimum atomic E-state index is -0.747. The molecule has 0 unspecified atom stereocenters. The van der Waals surface area contributed by atoms with E-state index in [1.165, 1.54) is 45.4 Å². The first-order valence-corrected chi connectivity index (χ1v) is 8.93. The first-order valence-electron chi connectivity index (χ1n) is 8.05. The number of halogens is 1. The average molecular weight is 375 g/mol. The smallest absolute Gasteiger partial charge is 0.332 e. The van der Waals surface area contributed by atoms with E-state index in [2.05, 4.69) is 0 Å². The molecule has 2 aromatic rings. The van der Waals surface area contributed by atoms with E-state index in [-0.39, 0.29) is 12.5 Å². The lowest BCUT2D eigenvalue weighted by atomic mass is 10.2. The molecule has 2 heterocycles. The Kier molecular flexibility index (Phi) is 5.03. The van der Waals surface area contributed by atoms with E-state index in [0.717, 1.165) is 9.78 Å². The summed E-state index contributed by atoms with van der Waals surface area (Å²) < 4.78 is 13.1. The number of hydrogen-bond acceptors (Lipinski definition) is 4. The summed E-state index contributed by atoms with van der Waals surface area (Å²) in [5.41, 5.74) is 0.416. The molecule has 0 spiro atoms. The van der Waals surface area contributed by atoms with Crippen LogP contribution in [0.5, 0.6) is 0 Å². The second kappa shape index (κ2) is 7.25. The number of urea groups is 1. The molecule has 4 amide bonds. The van der Waals surface area contributed by atoms with E-state index >= 15 is 0 Å². The zero-order valence-corrected chi connectivity index (χ0v) is 15.2. The second-order valence-corrected chi connectivity index (χ2v) is 7.09. The molecule has 0 aliphatic carbocycles. The number of rotatable bonds is 5. The highest BCUT2D eigenvalue weighted by Gasteiger charge is 2.44. The van der Waals surface area contributed by atoms with Crippen LogP contribution in [0.25, 0.3) is 0 Å². The van der Waals surface area contributed by atoms with Gasteiger partial charge in [0.2, 0.25) is 5.91 Å². The molecule has 1 aliphatic heterocycles. The zero-order valence-electron chi connectivity index (χ0n) is 14.4. The minimum absolute atomic E-state index is 0.318. The minimum Gasteiger partial charge on any atom is -0.339 e. The number of nitrogens with zero attached hydrogens (tertiary/aromatic N) is 3. The van der Waals surface area contributed by atoms with Gasteiger partial charge in [-0.2, -0.15) is 0 Å². The van der Waals surface area contributed by atoms with Crippen LogP contribution >= 0.6 is 11.3 Å². The Morgan fingerprint density at radius 3 is 2.54 bits per heavy atom. The standard InChI is InChI=1S/C18H18FN3O3S/c1-12-17(24)21(11-16(23)20(2)10-15-4-3-9-26-15)18(25)22(12)14-7-5-13(19)6-8-14/h3-9,12H,10-11H2,1-2H3/t12-/m0/s1. The number of imide groups is 1. The number of amides is 4. The quantitative estimate of drug-likeness (QED) is 0.755. The molecule has 1 aromatic heterocycles. The van der Waals surface area contributed by atoms with E-state index in [4.69, 9.17) is 0 Å². The maximum absolute atomic E-state index is 13.1. The molecule has 1 fully saturated rings. The molecule has 3 rings (SSSR count). The summed E-state index contributed by atoms with van der Waals surface area (Å²) in [4.78, 5) is 42.3. The summed E-state index contributed by atoms with van der Waals surface area (Å²) in [7, 11) is 1.63. The Labute approximate surface area is 154 Å². The first-order chi connectivity index (χ1) is 12.4. The monoisotopic (exact) mass is 375 g/mol. The molecule has 8 heteroatoms. The van der Waals surface area contributed by atoms with Crippen molar-refractivity contribution in [3.8, 4) is 0 Å². The highest BCUT2D eigenvalue weighted by Crippen LogP contribution is 2.26. The topological polar surface area (TPSA) is 60.9 Å². The molecule has 0 N–H and O–H groups in total. The normalized spacial score (nSPS) is 17.1. The van der Waals surface area contributed by atoms with Crippen molar-refractivity contribution >= 4 is 34.9 Å². The number of carbonyl (C=O) groups excluding carboxylic acids is 3. The maximum Gasteiger partial charge on any atom is 0.332 e. The molecule has 1 saturated heterocycles. The van der Waals surface area contributed by atoms with Crippen LogP contribution < -0.4 is 4.90 Å². The fourth-order valence-corrected chi connectivity index (χ4v) is 3.54. The predicted octanol–water partition coefficient (Wildman–Crippen LogP) is 2.70. The number of carbonyl (C=O) groups is 3. The van der Waals surface area contributed by atoms with Gasteiger partial charge in [-0.15, -0.1) is 11.3 Å². The molecular weight excluding hydrogens is 357 g/mol. The Balaban J connectivity index is 1.71. The molecule has 1 aliphatic rings. The van der Waals surface area contributed by atoms with Gasteiger partial charge in [-0.1, -0.05) is 6.07 Å². The van der Waals surface area contributed by atoms with Crippen LogP contribution in [0.4, 0.5) is 14.9 Å². The number of benzene rings is 1. The van der Waals surface area contributed by atoms with Crippen molar-refractivity contribution in [1.82, 2.24) is 9.80 Å². The predicted molar refractivity (Wildman–Crippen MR) is 96.2 cm³/mol. The molecular formula is C18H18FN3O3S. The summed E-state index contributed by atoms with van der Waals surface area (Å²) in [6, 6.07) is 7.81. The van der Waals surface area contributed by atoms with Crippen molar-refractivity contribution in [3.63, 3.8) is 0 Å². The number of anilines is 1. The Morgan fingerprint density at radius 2 is 1.92 bits per heavy atom. The molecule has 26 heavy (non-hydrogen) atoms. The Hall–Kier alpha value is -2.74. The largest absolute Gasteiger partial charge is 0.339 e. The van der Waals surface area contributed by atoms with Gasteiger partial charge < -0.3 is 4.90 Å². The van der Waals surface area contributed by atoms with Crippen molar-refractivity contribution in [2.45, 2.75) is 19.5 Å². The third-order valence-corrected chi connectivity index (χ3v) is 5.11. The van der Waals surface area contributed by atoms with Gasteiger partial charge in [0.15, 0.2) is 0 Å². The lowest BCUT2D eigenvalue weighted by Gasteiger charge is -2.21. The van der Waals surface area contributed by atoms with E-state index < -0.39 is 23.8 Å². The van der Waals surface area contributed by atoms with E-state index in [1.807, 2.05) is 17.5 Å². The summed E-state index contributed by atoms with van der Waals surface area (Å²) in [5, 5.41) is 1.92. The third kappa shape index (κ3) is 3.45. The lowest BCUT2D eigenvalue weighted by Crippen LogP contribution is -2.42. The molecule has 0 saturated carbocycles. The van der Waals surface area contributed by atoms with Crippen molar-refractivity contribution in [2.24, 2.45) is 0 Å². The molecule has 0 radical (unpaired) electrons. The molecule has 6 nitrogen and oxygen atoms in total. The highest BCUT2D eigenvalue weighted by atomic mass is 32.1. The summed E-state index contributed by atoms with van der Waals surface area (Å²) >= 11 is 1.53. The van der Waals surface area contributed by atoms with Crippen LogP contribution in [-0.4, -0.2) is 47.3 Å². The van der Waals surface area contributed by atoms with Crippen molar-refractivity contribution in [2.75, 3.05) is 18.5 Å². The van der Waals surface area contributed by atoms with Crippen LogP contribution in [0.15, 0.2) is 41.8 Å². The summed E-state index contributed by atoms with van der Waals surface area (Å²) in [6.07, 6.45) is 0. The van der Waals surface area contributed by atoms with Crippen LogP contribution in [0.1, 0.15) is 11.8 Å². The number of hydrogen-bond donors (Lipinski definition) is 0. The maximum atomic E-state index is 13.1. The van der Waals surface area contributed by atoms with Crippen molar-refractivity contribution in [1.29, 1.82) is 0 Å². The molecule has 1 atom stereocenters. The fourth-order valence-electron chi connectivity index (χ4n) is 2.79. The van der Waals surface area contributed by atoms with E-state index in [0.29, 0.717) is 12.2 Å². The van der Waals surface area contributed by atoms with Crippen molar-refractivity contribution < 1.29 is 18.8 Å². The van der Waals surface area contributed by atoms with Gasteiger partial charge in [-0.05, 0) is 42.6 Å². The number of likely N-dealkylation sites (N-methyl/N-ethyl adjacent to an activating group) is 1. The van der Waals surface area contributed by atoms with E-state index in [9.17, 15) is 18.8 Å². The summed E-state index contributed by atoms with van der Waals surface area (Å²) in [6.45, 7) is 1.69. The average Bonchev–Trinajstić information content (AvgIpc) is 3.19. The summed E-state index contributed by atoms with van der Waals surface area (Å²) in [5.74, 6) is -1.20. The van der Waals surface area contributed by atoms with Gasteiger partial charge >= 0.3 is 6.03 Å². The first kappa shape index (κ1) is 18.1. The second-order valence-electron chi connectivity index (χ2n) is 6.06. The molecule has 0 bridgehead atoms. The molecule has 1 aromatic carbocycles. The van der Waals surface area contributed by atoms with Gasteiger partial charge in [-0.3, -0.25) is 19.4 Å². The van der Waals surface area contributed by atoms with Crippen LogP contribution in [0, 0.1) is 5.82 Å². The lowest BCUT2D eigenvalue weighted by molar-refractivity contribution is -0.136. The Bertz CT molecular complexity index is 823. The van der Waals surface area contributed by atoms with Crippen molar-refractivity contribution in [3.05, 3.63) is 52.5 Å². The molecule has 136 valence electrons. The van der Waals surface area contributed by atoms with Gasteiger partial charge in [0, 0.05) is 17.6 Å². The van der Waals surface area contributed by atoms with Crippen LogP contribution in [-0.2, 0) is 16.1 Å². The highest BCUT2D eigenvalue weighted by molar-refractivity contribution is 7.09. The zero-order chi connectivity index (χ0) is 18.8. The van der Waals surface area contributed by atoms with Crippen LogP contribution in [0.3, 0.4) is 0 Å². The SMILES string of the molecule is C[C@H]1C(=O)N(CC(=O)N(C)Cc2cccs2)C(=O)N1c1ccc(F)cc1. The Morgan fingerprint density at radius 1 is 1.23 bits per heavy atom. The fraction of sp³-hybridized carbons (Fsp3) is 0.278. The van der Waals surface area contributed by atoms with Gasteiger partial charge in [0.1, 0.15) is 18.4 Å². The van der Waals surface area contributed by atoms with Crippen LogP contribution in [0.2, 0.25) is 0 Å². The number of thiophene rings is 1. The van der Waals surface area contributed by atoms with Gasteiger partial charge in [-0.25, -0.2) is 9.18 Å².